The first-order valence-electron chi connectivity index (χ1n) is 8.91. The third kappa shape index (κ3) is 3.52. The maximum absolute atomic E-state index is 12.5. The number of benzene rings is 1. The fraction of sp³-hybridized carbons (Fsp3) is 0.381. The summed E-state index contributed by atoms with van der Waals surface area (Å²) in [5, 5.41) is 0.632. The standard InChI is InChI=1S/C21H22O7/c1-6-11(2)20(24)27-18-16-14(28-21(4,5)19(18)25-12(3)22)9-7-13-8-10-15(23)26-17(13)16/h6-10,18-19H,1-5H3/b11-6-/t18-,19-/m1/s1. The van der Waals surface area contributed by atoms with Crippen LogP contribution in [0.3, 0.4) is 0 Å². The predicted molar refractivity (Wildman–Crippen MR) is 101 cm³/mol. The molecule has 0 N–H and O–H groups in total. The number of rotatable bonds is 3. The van der Waals surface area contributed by atoms with Gasteiger partial charge in [-0.2, -0.15) is 0 Å². The summed E-state index contributed by atoms with van der Waals surface area (Å²) in [7, 11) is 0. The van der Waals surface area contributed by atoms with Crippen LogP contribution in [0.2, 0.25) is 0 Å². The summed E-state index contributed by atoms with van der Waals surface area (Å²) < 4.78 is 22.7. The van der Waals surface area contributed by atoms with Gasteiger partial charge in [0.15, 0.2) is 12.2 Å². The molecule has 0 spiro atoms. The summed E-state index contributed by atoms with van der Waals surface area (Å²) >= 11 is 0. The fourth-order valence-electron chi connectivity index (χ4n) is 3.18. The first-order chi connectivity index (χ1) is 13.1. The van der Waals surface area contributed by atoms with Crippen molar-refractivity contribution in [2.75, 3.05) is 0 Å². The summed E-state index contributed by atoms with van der Waals surface area (Å²) in [5.41, 5.74) is -0.555. The lowest BCUT2D eigenvalue weighted by atomic mass is 9.87. The molecule has 0 radical (unpaired) electrons. The van der Waals surface area contributed by atoms with E-state index >= 15 is 0 Å². The Balaban J connectivity index is 2.25. The van der Waals surface area contributed by atoms with Crippen molar-refractivity contribution in [2.45, 2.75) is 52.4 Å². The lowest BCUT2D eigenvalue weighted by Gasteiger charge is -2.43. The zero-order chi connectivity index (χ0) is 20.6. The molecule has 0 bridgehead atoms. The molecule has 2 heterocycles. The van der Waals surface area contributed by atoms with Crippen molar-refractivity contribution >= 4 is 22.9 Å². The Bertz CT molecular complexity index is 1030. The summed E-state index contributed by atoms with van der Waals surface area (Å²) in [6.07, 6.45) is -0.334. The molecule has 0 saturated heterocycles. The van der Waals surface area contributed by atoms with E-state index in [2.05, 4.69) is 0 Å². The number of carbonyl (C=O) groups excluding carboxylic acids is 2. The van der Waals surface area contributed by atoms with E-state index in [-0.39, 0.29) is 5.58 Å². The highest BCUT2D eigenvalue weighted by molar-refractivity contribution is 5.89. The second-order valence-electron chi connectivity index (χ2n) is 7.18. The van der Waals surface area contributed by atoms with E-state index in [1.807, 2.05) is 0 Å². The van der Waals surface area contributed by atoms with Gasteiger partial charge >= 0.3 is 17.6 Å². The van der Waals surface area contributed by atoms with Gasteiger partial charge in [0.25, 0.3) is 0 Å². The normalized spacial score (nSPS) is 20.8. The maximum Gasteiger partial charge on any atom is 0.336 e. The predicted octanol–water partition coefficient (Wildman–Crippen LogP) is 3.45. The number of fused-ring (bicyclic) bond motifs is 3. The van der Waals surface area contributed by atoms with Crippen LogP contribution in [-0.2, 0) is 19.1 Å². The van der Waals surface area contributed by atoms with Crippen molar-refractivity contribution in [1.29, 1.82) is 0 Å². The van der Waals surface area contributed by atoms with E-state index in [0.29, 0.717) is 22.3 Å². The van der Waals surface area contributed by atoms with E-state index in [0.717, 1.165) is 0 Å². The highest BCUT2D eigenvalue weighted by Crippen LogP contribution is 2.46. The molecule has 28 heavy (non-hydrogen) atoms. The molecule has 3 rings (SSSR count). The van der Waals surface area contributed by atoms with Gasteiger partial charge in [-0.15, -0.1) is 0 Å². The molecule has 7 heteroatoms. The smallest absolute Gasteiger partial charge is 0.336 e. The molecule has 1 aromatic carbocycles. The van der Waals surface area contributed by atoms with Gasteiger partial charge in [0.05, 0.1) is 5.56 Å². The third-order valence-corrected chi connectivity index (χ3v) is 4.69. The van der Waals surface area contributed by atoms with Gasteiger partial charge in [-0.1, -0.05) is 6.08 Å². The van der Waals surface area contributed by atoms with Crippen molar-refractivity contribution < 1.29 is 28.2 Å². The van der Waals surface area contributed by atoms with Crippen molar-refractivity contribution in [3.63, 3.8) is 0 Å². The average Bonchev–Trinajstić information content (AvgIpc) is 2.62. The second kappa shape index (κ2) is 7.14. The highest BCUT2D eigenvalue weighted by Gasteiger charge is 2.49. The Hall–Kier alpha value is -3.09. The van der Waals surface area contributed by atoms with Crippen molar-refractivity contribution in [1.82, 2.24) is 0 Å². The lowest BCUT2D eigenvalue weighted by Crippen LogP contribution is -2.52. The molecule has 1 aliphatic heterocycles. The topological polar surface area (TPSA) is 92.0 Å². The van der Waals surface area contributed by atoms with Crippen LogP contribution in [0, 0.1) is 0 Å². The van der Waals surface area contributed by atoms with Gasteiger partial charge in [-0.05, 0) is 45.9 Å². The molecule has 0 amide bonds. The molecule has 7 nitrogen and oxygen atoms in total. The number of hydrogen-bond donors (Lipinski definition) is 0. The monoisotopic (exact) mass is 386 g/mol. The summed E-state index contributed by atoms with van der Waals surface area (Å²) in [4.78, 5) is 36.1. The molecule has 0 aliphatic carbocycles. The van der Waals surface area contributed by atoms with E-state index in [9.17, 15) is 14.4 Å². The first kappa shape index (κ1) is 19.7. The molecular formula is C21H22O7. The molecule has 148 valence electrons. The Morgan fingerprint density at radius 2 is 1.79 bits per heavy atom. The van der Waals surface area contributed by atoms with Crippen LogP contribution in [0.5, 0.6) is 5.75 Å². The zero-order valence-electron chi connectivity index (χ0n) is 16.4. The largest absolute Gasteiger partial charge is 0.483 e. The van der Waals surface area contributed by atoms with Crippen LogP contribution in [0.25, 0.3) is 11.0 Å². The van der Waals surface area contributed by atoms with E-state index in [1.54, 1.807) is 52.0 Å². The average molecular weight is 386 g/mol. The van der Waals surface area contributed by atoms with E-state index < -0.39 is 35.4 Å². The van der Waals surface area contributed by atoms with Crippen LogP contribution >= 0.6 is 0 Å². The van der Waals surface area contributed by atoms with Crippen molar-refractivity contribution in [2.24, 2.45) is 0 Å². The molecule has 0 fully saturated rings. The van der Waals surface area contributed by atoms with Gasteiger partial charge < -0.3 is 18.6 Å². The molecule has 0 saturated carbocycles. The van der Waals surface area contributed by atoms with Gasteiger partial charge in [0.1, 0.15) is 16.9 Å². The Kier molecular flexibility index (Phi) is 5.02. The van der Waals surface area contributed by atoms with Crippen molar-refractivity contribution in [3.8, 4) is 5.75 Å². The van der Waals surface area contributed by atoms with Gasteiger partial charge in [0.2, 0.25) is 0 Å². The van der Waals surface area contributed by atoms with Crippen LogP contribution < -0.4 is 10.4 Å². The number of carbonyl (C=O) groups is 2. The third-order valence-electron chi connectivity index (χ3n) is 4.69. The minimum absolute atomic E-state index is 0.230. The Morgan fingerprint density at radius 3 is 2.43 bits per heavy atom. The molecule has 2 aromatic rings. The second-order valence-corrected chi connectivity index (χ2v) is 7.18. The van der Waals surface area contributed by atoms with Gasteiger partial charge in [-0.3, -0.25) is 4.79 Å². The van der Waals surface area contributed by atoms with Crippen LogP contribution in [-0.4, -0.2) is 23.6 Å². The molecule has 1 aromatic heterocycles. The fourth-order valence-corrected chi connectivity index (χ4v) is 3.18. The van der Waals surface area contributed by atoms with Crippen LogP contribution in [0.4, 0.5) is 0 Å². The molecule has 2 atom stereocenters. The van der Waals surface area contributed by atoms with E-state index in [1.165, 1.54) is 13.0 Å². The number of allylic oxidation sites excluding steroid dienone is 1. The van der Waals surface area contributed by atoms with Crippen molar-refractivity contribution in [3.05, 3.63) is 51.9 Å². The Labute approximate surface area is 161 Å². The van der Waals surface area contributed by atoms with Gasteiger partial charge in [0, 0.05) is 23.9 Å². The van der Waals surface area contributed by atoms with E-state index in [4.69, 9.17) is 18.6 Å². The SMILES string of the molecule is C/C=C(/C)C(=O)O[C@@H]1c2c(ccc3ccc(=O)oc23)OC(C)(C)[C@@H]1OC(C)=O. The quantitative estimate of drug-likeness (QED) is 0.453. The van der Waals surface area contributed by atoms with Crippen LogP contribution in [0.15, 0.2) is 45.1 Å². The van der Waals surface area contributed by atoms with Crippen LogP contribution in [0.1, 0.15) is 46.3 Å². The maximum atomic E-state index is 12.5. The molecular weight excluding hydrogens is 364 g/mol. The first-order valence-corrected chi connectivity index (χ1v) is 8.91. The number of esters is 2. The minimum Gasteiger partial charge on any atom is -0.483 e. The minimum atomic E-state index is -1.01. The lowest BCUT2D eigenvalue weighted by molar-refractivity contribution is -0.186. The number of hydrogen-bond acceptors (Lipinski definition) is 7. The Morgan fingerprint density at radius 1 is 1.11 bits per heavy atom. The molecule has 0 unspecified atom stereocenters. The number of ether oxygens (including phenoxy) is 3. The summed E-state index contributed by atoms with van der Waals surface area (Å²) in [5.74, 6) is -0.717. The van der Waals surface area contributed by atoms with Gasteiger partial charge in [-0.25, -0.2) is 9.59 Å². The molecule has 1 aliphatic rings. The zero-order valence-corrected chi connectivity index (χ0v) is 16.4. The highest BCUT2D eigenvalue weighted by atomic mass is 16.6. The summed E-state index contributed by atoms with van der Waals surface area (Å²) in [6, 6.07) is 6.37. The summed E-state index contributed by atoms with van der Waals surface area (Å²) in [6.45, 7) is 8.08.